The lowest BCUT2D eigenvalue weighted by Crippen LogP contribution is -2.01. The van der Waals surface area contributed by atoms with Crippen LogP contribution in [0.3, 0.4) is 0 Å². The number of hydrogen-bond donors (Lipinski definition) is 1. The second-order valence-corrected chi connectivity index (χ2v) is 8.16. The SMILES string of the molecule is Cc1ccc(F)c(-c2nc3scc(C4=CC=CCC4)n3c2Nc2ccc(F)cc2)c1. The van der Waals surface area contributed by atoms with Gasteiger partial charge in [0.25, 0.3) is 0 Å². The number of fused-ring (bicyclic) bond motifs is 1. The number of halogens is 2. The molecule has 4 aromatic rings. The third kappa shape index (κ3) is 3.33. The number of aromatic nitrogens is 2. The van der Waals surface area contributed by atoms with Crippen LogP contribution >= 0.6 is 11.3 Å². The van der Waals surface area contributed by atoms with Crippen LogP contribution in [0.15, 0.2) is 66.1 Å². The van der Waals surface area contributed by atoms with Gasteiger partial charge in [0, 0.05) is 16.6 Å². The summed E-state index contributed by atoms with van der Waals surface area (Å²) >= 11 is 1.52. The molecule has 0 saturated heterocycles. The Kier molecular flexibility index (Phi) is 4.71. The zero-order chi connectivity index (χ0) is 20.7. The van der Waals surface area contributed by atoms with Gasteiger partial charge in [0.05, 0.1) is 5.69 Å². The molecule has 6 heteroatoms. The number of hydrogen-bond acceptors (Lipinski definition) is 3. The van der Waals surface area contributed by atoms with E-state index in [4.69, 9.17) is 4.98 Å². The molecule has 1 aliphatic rings. The summed E-state index contributed by atoms with van der Waals surface area (Å²) in [4.78, 5) is 5.55. The number of nitrogens with one attached hydrogen (secondary N) is 1. The molecule has 0 fully saturated rings. The fraction of sp³-hybridized carbons (Fsp3) is 0.125. The number of thiazole rings is 1. The van der Waals surface area contributed by atoms with E-state index in [2.05, 4.69) is 28.9 Å². The second kappa shape index (κ2) is 7.54. The molecule has 5 rings (SSSR count). The molecule has 0 aliphatic heterocycles. The molecule has 0 unspecified atom stereocenters. The fourth-order valence-electron chi connectivity index (χ4n) is 3.69. The van der Waals surface area contributed by atoms with E-state index in [1.165, 1.54) is 35.1 Å². The first kappa shape index (κ1) is 18.8. The molecule has 150 valence electrons. The number of aryl methyl sites for hydroxylation is 1. The molecule has 2 heterocycles. The summed E-state index contributed by atoms with van der Waals surface area (Å²) in [5, 5.41) is 5.44. The second-order valence-electron chi connectivity index (χ2n) is 7.32. The van der Waals surface area contributed by atoms with Crippen LogP contribution in [-0.4, -0.2) is 9.38 Å². The van der Waals surface area contributed by atoms with Gasteiger partial charge in [-0.1, -0.05) is 29.9 Å². The Balaban J connectivity index is 1.74. The number of anilines is 2. The van der Waals surface area contributed by atoms with E-state index in [-0.39, 0.29) is 11.6 Å². The third-order valence-electron chi connectivity index (χ3n) is 5.19. The molecule has 0 amide bonds. The van der Waals surface area contributed by atoms with Crippen molar-refractivity contribution >= 4 is 33.4 Å². The summed E-state index contributed by atoms with van der Waals surface area (Å²) in [6.07, 6.45) is 8.24. The van der Waals surface area contributed by atoms with E-state index < -0.39 is 0 Å². The quantitative estimate of drug-likeness (QED) is 0.381. The van der Waals surface area contributed by atoms with Gasteiger partial charge < -0.3 is 5.32 Å². The largest absolute Gasteiger partial charge is 0.339 e. The minimum atomic E-state index is -0.324. The van der Waals surface area contributed by atoms with Crippen molar-refractivity contribution in [3.8, 4) is 11.3 Å². The highest BCUT2D eigenvalue weighted by molar-refractivity contribution is 7.15. The maximum Gasteiger partial charge on any atom is 0.196 e. The molecular formula is C24H19F2N3S. The van der Waals surface area contributed by atoms with E-state index in [1.54, 1.807) is 24.3 Å². The minimum Gasteiger partial charge on any atom is -0.339 e. The number of benzene rings is 2. The summed E-state index contributed by atoms with van der Waals surface area (Å²) in [7, 11) is 0. The highest BCUT2D eigenvalue weighted by Gasteiger charge is 2.22. The van der Waals surface area contributed by atoms with Crippen LogP contribution in [0, 0.1) is 18.6 Å². The maximum absolute atomic E-state index is 14.8. The van der Waals surface area contributed by atoms with E-state index in [0.29, 0.717) is 22.8 Å². The predicted molar refractivity (Wildman–Crippen MR) is 119 cm³/mol. The van der Waals surface area contributed by atoms with Crippen molar-refractivity contribution in [2.45, 2.75) is 19.8 Å². The van der Waals surface area contributed by atoms with Crippen molar-refractivity contribution < 1.29 is 8.78 Å². The van der Waals surface area contributed by atoms with Gasteiger partial charge in [-0.25, -0.2) is 13.8 Å². The predicted octanol–water partition coefficient (Wildman–Crippen LogP) is 7.13. The van der Waals surface area contributed by atoms with Crippen LogP contribution in [0.2, 0.25) is 0 Å². The highest BCUT2D eigenvalue weighted by atomic mass is 32.1. The minimum absolute atomic E-state index is 0.306. The lowest BCUT2D eigenvalue weighted by atomic mass is 10.0. The Morgan fingerprint density at radius 2 is 1.93 bits per heavy atom. The first-order valence-corrected chi connectivity index (χ1v) is 10.6. The first-order valence-electron chi connectivity index (χ1n) is 9.75. The van der Waals surface area contributed by atoms with Crippen molar-refractivity contribution in [2.24, 2.45) is 0 Å². The summed E-state index contributed by atoms with van der Waals surface area (Å²) in [6, 6.07) is 11.1. The molecule has 3 nitrogen and oxygen atoms in total. The third-order valence-corrected chi connectivity index (χ3v) is 6.02. The van der Waals surface area contributed by atoms with Crippen molar-refractivity contribution in [3.05, 3.63) is 89.0 Å². The summed E-state index contributed by atoms with van der Waals surface area (Å²) in [5.41, 5.74) is 4.90. The number of imidazole rings is 1. The molecule has 0 atom stereocenters. The average molecular weight is 420 g/mol. The fourth-order valence-corrected chi connectivity index (χ4v) is 4.61. The Hall–Kier alpha value is -3.25. The molecule has 1 N–H and O–H groups in total. The first-order chi connectivity index (χ1) is 14.6. The lowest BCUT2D eigenvalue weighted by molar-refractivity contribution is 0.628. The highest BCUT2D eigenvalue weighted by Crippen LogP contribution is 2.38. The normalized spacial score (nSPS) is 13.6. The van der Waals surface area contributed by atoms with Crippen LogP contribution in [0.4, 0.5) is 20.3 Å². The van der Waals surface area contributed by atoms with E-state index in [1.807, 2.05) is 11.3 Å². The van der Waals surface area contributed by atoms with Crippen LogP contribution in [-0.2, 0) is 0 Å². The smallest absolute Gasteiger partial charge is 0.196 e. The van der Waals surface area contributed by atoms with Crippen molar-refractivity contribution in [1.82, 2.24) is 9.38 Å². The molecule has 30 heavy (non-hydrogen) atoms. The molecule has 0 spiro atoms. The van der Waals surface area contributed by atoms with Gasteiger partial charge >= 0.3 is 0 Å². The van der Waals surface area contributed by atoms with Crippen LogP contribution in [0.25, 0.3) is 21.8 Å². The molecule has 1 aliphatic carbocycles. The average Bonchev–Trinajstić information content (AvgIpc) is 3.32. The molecule has 0 saturated carbocycles. The van der Waals surface area contributed by atoms with Crippen molar-refractivity contribution in [1.29, 1.82) is 0 Å². The summed E-state index contributed by atoms with van der Waals surface area (Å²) < 4.78 is 30.2. The zero-order valence-corrected chi connectivity index (χ0v) is 17.1. The topological polar surface area (TPSA) is 29.3 Å². The van der Waals surface area contributed by atoms with Gasteiger partial charge in [-0.05, 0) is 61.7 Å². The number of nitrogens with zero attached hydrogens (tertiary/aromatic N) is 2. The van der Waals surface area contributed by atoms with Gasteiger partial charge in [-0.3, -0.25) is 4.40 Å². The van der Waals surface area contributed by atoms with Gasteiger partial charge in [0.15, 0.2) is 4.96 Å². The lowest BCUT2D eigenvalue weighted by Gasteiger charge is -2.13. The summed E-state index contributed by atoms with van der Waals surface area (Å²) in [5.74, 6) is 0.0435. The summed E-state index contributed by atoms with van der Waals surface area (Å²) in [6.45, 7) is 1.93. The Morgan fingerprint density at radius 3 is 2.70 bits per heavy atom. The van der Waals surface area contributed by atoms with Gasteiger partial charge in [0.1, 0.15) is 23.1 Å². The van der Waals surface area contributed by atoms with Gasteiger partial charge in [-0.15, -0.1) is 11.3 Å². The van der Waals surface area contributed by atoms with Crippen LogP contribution in [0.5, 0.6) is 0 Å². The number of allylic oxidation sites excluding steroid dienone is 4. The van der Waals surface area contributed by atoms with E-state index in [0.717, 1.165) is 29.1 Å². The molecule has 0 bridgehead atoms. The Morgan fingerprint density at radius 1 is 1.10 bits per heavy atom. The molecule has 0 radical (unpaired) electrons. The molecule has 2 aromatic carbocycles. The Labute approximate surface area is 177 Å². The molecular weight excluding hydrogens is 400 g/mol. The monoisotopic (exact) mass is 419 g/mol. The van der Waals surface area contributed by atoms with Crippen LogP contribution in [0.1, 0.15) is 24.1 Å². The van der Waals surface area contributed by atoms with Crippen molar-refractivity contribution in [2.75, 3.05) is 5.32 Å². The van der Waals surface area contributed by atoms with Gasteiger partial charge in [0.2, 0.25) is 0 Å². The van der Waals surface area contributed by atoms with E-state index in [9.17, 15) is 8.78 Å². The van der Waals surface area contributed by atoms with Crippen LogP contribution < -0.4 is 5.32 Å². The maximum atomic E-state index is 14.8. The number of rotatable bonds is 4. The Bertz CT molecular complexity index is 1300. The van der Waals surface area contributed by atoms with Gasteiger partial charge in [-0.2, -0.15) is 0 Å². The standard InChI is InChI=1S/C24H19F2N3S/c1-15-7-12-20(26)19(13-15)22-23(27-18-10-8-17(25)9-11-18)29-21(14-30-24(29)28-22)16-5-3-2-4-6-16/h2-3,5,7-14,27H,4,6H2,1H3. The molecule has 2 aromatic heterocycles. The van der Waals surface area contributed by atoms with Crippen molar-refractivity contribution in [3.63, 3.8) is 0 Å². The van der Waals surface area contributed by atoms with E-state index >= 15 is 0 Å². The zero-order valence-electron chi connectivity index (χ0n) is 16.3.